The highest BCUT2D eigenvalue weighted by molar-refractivity contribution is 5.95. The van der Waals surface area contributed by atoms with Gasteiger partial charge in [0.1, 0.15) is 0 Å². The predicted octanol–water partition coefficient (Wildman–Crippen LogP) is 3.02. The van der Waals surface area contributed by atoms with Crippen LogP contribution in [0.15, 0.2) is 48.5 Å². The molecule has 1 amide bonds. The summed E-state index contributed by atoms with van der Waals surface area (Å²) >= 11 is 0. The summed E-state index contributed by atoms with van der Waals surface area (Å²) < 4.78 is 0. The van der Waals surface area contributed by atoms with Crippen molar-refractivity contribution >= 4 is 5.91 Å². The smallest absolute Gasteiger partial charge is 0.251 e. The molecule has 2 aromatic rings. The summed E-state index contributed by atoms with van der Waals surface area (Å²) in [5.41, 5.74) is 4.10. The first-order valence-electron chi connectivity index (χ1n) is 5.60. The Hall–Kier alpha value is -2.09. The molecular formula is C15H15NO. The Balaban J connectivity index is 2.43. The van der Waals surface area contributed by atoms with E-state index in [0.717, 1.165) is 11.1 Å². The number of rotatable bonds is 2. The maximum atomic E-state index is 11.6. The number of aryl methyl sites for hydroxylation is 1. The second-order valence-electron chi connectivity index (χ2n) is 4.03. The highest BCUT2D eigenvalue weighted by Crippen LogP contribution is 2.21. The quantitative estimate of drug-likeness (QED) is 0.836. The van der Waals surface area contributed by atoms with Crippen molar-refractivity contribution in [2.24, 2.45) is 0 Å². The second kappa shape index (κ2) is 4.83. The lowest BCUT2D eigenvalue weighted by Crippen LogP contribution is -2.17. The molecule has 0 saturated carbocycles. The Bertz CT molecular complexity index is 546. The molecule has 0 unspecified atom stereocenters. The fourth-order valence-corrected chi connectivity index (χ4v) is 1.81. The first-order chi connectivity index (χ1) is 8.20. The Morgan fingerprint density at radius 3 is 2.29 bits per heavy atom. The number of hydrogen-bond donors (Lipinski definition) is 1. The summed E-state index contributed by atoms with van der Waals surface area (Å²) in [4.78, 5) is 11.6. The Morgan fingerprint density at radius 2 is 1.65 bits per heavy atom. The Labute approximate surface area is 101 Å². The van der Waals surface area contributed by atoms with Crippen LogP contribution in [0.25, 0.3) is 11.1 Å². The highest BCUT2D eigenvalue weighted by Gasteiger charge is 2.04. The number of hydrogen-bond acceptors (Lipinski definition) is 1. The Morgan fingerprint density at radius 1 is 1.00 bits per heavy atom. The standard InChI is InChI=1S/C15H15NO/c1-11-5-3-6-12(9-11)13-7-4-8-14(10-13)15(17)16-2/h3-10H,1-2H3,(H,16,17). The molecule has 0 fully saturated rings. The van der Waals surface area contributed by atoms with Gasteiger partial charge in [0, 0.05) is 12.6 Å². The van der Waals surface area contributed by atoms with Crippen LogP contribution in [0.2, 0.25) is 0 Å². The molecule has 17 heavy (non-hydrogen) atoms. The SMILES string of the molecule is CNC(=O)c1cccc(-c2cccc(C)c2)c1. The number of carbonyl (C=O) groups excluding carboxylic acids is 1. The number of nitrogens with one attached hydrogen (secondary N) is 1. The topological polar surface area (TPSA) is 29.1 Å². The first-order valence-corrected chi connectivity index (χ1v) is 5.60. The van der Waals surface area contributed by atoms with Crippen LogP contribution in [-0.4, -0.2) is 13.0 Å². The van der Waals surface area contributed by atoms with Crippen LogP contribution in [0.3, 0.4) is 0 Å². The molecule has 0 spiro atoms. The van der Waals surface area contributed by atoms with Crippen molar-refractivity contribution in [1.82, 2.24) is 5.32 Å². The third-order valence-electron chi connectivity index (χ3n) is 2.70. The number of benzene rings is 2. The minimum Gasteiger partial charge on any atom is -0.355 e. The van der Waals surface area contributed by atoms with Crippen molar-refractivity contribution in [2.45, 2.75) is 6.92 Å². The molecule has 0 aromatic heterocycles. The van der Waals surface area contributed by atoms with Gasteiger partial charge in [0.15, 0.2) is 0 Å². The van der Waals surface area contributed by atoms with Crippen molar-refractivity contribution < 1.29 is 4.79 Å². The molecular weight excluding hydrogens is 210 g/mol. The summed E-state index contributed by atoms with van der Waals surface area (Å²) in [6.07, 6.45) is 0. The monoisotopic (exact) mass is 225 g/mol. The van der Waals surface area contributed by atoms with Gasteiger partial charge in [0.25, 0.3) is 5.91 Å². The van der Waals surface area contributed by atoms with Gasteiger partial charge < -0.3 is 5.32 Å². The van der Waals surface area contributed by atoms with Crippen LogP contribution < -0.4 is 5.32 Å². The molecule has 2 rings (SSSR count). The van der Waals surface area contributed by atoms with E-state index in [9.17, 15) is 4.79 Å². The van der Waals surface area contributed by atoms with Gasteiger partial charge >= 0.3 is 0 Å². The maximum Gasteiger partial charge on any atom is 0.251 e. The fraction of sp³-hybridized carbons (Fsp3) is 0.133. The minimum absolute atomic E-state index is 0.0560. The van der Waals surface area contributed by atoms with E-state index in [-0.39, 0.29) is 5.91 Å². The van der Waals surface area contributed by atoms with Gasteiger partial charge in [-0.2, -0.15) is 0 Å². The van der Waals surface area contributed by atoms with E-state index in [1.54, 1.807) is 7.05 Å². The largest absolute Gasteiger partial charge is 0.355 e. The lowest BCUT2D eigenvalue weighted by molar-refractivity contribution is 0.0963. The van der Waals surface area contributed by atoms with Crippen LogP contribution in [0.5, 0.6) is 0 Å². The van der Waals surface area contributed by atoms with E-state index < -0.39 is 0 Å². The predicted molar refractivity (Wildman–Crippen MR) is 70.0 cm³/mol. The van der Waals surface area contributed by atoms with E-state index in [1.807, 2.05) is 30.3 Å². The summed E-state index contributed by atoms with van der Waals surface area (Å²) in [7, 11) is 1.64. The molecule has 0 atom stereocenters. The average molecular weight is 225 g/mol. The number of carbonyl (C=O) groups is 1. The fourth-order valence-electron chi connectivity index (χ4n) is 1.81. The van der Waals surface area contributed by atoms with E-state index >= 15 is 0 Å². The van der Waals surface area contributed by atoms with Crippen molar-refractivity contribution in [1.29, 1.82) is 0 Å². The van der Waals surface area contributed by atoms with Crippen molar-refractivity contribution in [2.75, 3.05) is 7.05 Å². The zero-order valence-corrected chi connectivity index (χ0v) is 10.0. The average Bonchev–Trinajstić information content (AvgIpc) is 2.38. The van der Waals surface area contributed by atoms with Crippen LogP contribution in [0.4, 0.5) is 0 Å². The van der Waals surface area contributed by atoms with Gasteiger partial charge in [-0.1, -0.05) is 42.0 Å². The molecule has 86 valence electrons. The molecule has 1 N–H and O–H groups in total. The van der Waals surface area contributed by atoms with Crippen LogP contribution >= 0.6 is 0 Å². The van der Waals surface area contributed by atoms with Gasteiger partial charge in [-0.25, -0.2) is 0 Å². The van der Waals surface area contributed by atoms with Crippen molar-refractivity contribution in [3.63, 3.8) is 0 Å². The maximum absolute atomic E-state index is 11.6. The molecule has 2 nitrogen and oxygen atoms in total. The Kier molecular flexibility index (Phi) is 3.24. The van der Waals surface area contributed by atoms with Gasteiger partial charge in [0.2, 0.25) is 0 Å². The molecule has 0 heterocycles. The summed E-state index contributed by atoms with van der Waals surface area (Å²) in [5.74, 6) is -0.0560. The molecule has 2 heteroatoms. The zero-order valence-electron chi connectivity index (χ0n) is 10.0. The highest BCUT2D eigenvalue weighted by atomic mass is 16.1. The summed E-state index contributed by atoms with van der Waals surface area (Å²) in [5, 5.41) is 2.63. The van der Waals surface area contributed by atoms with E-state index in [2.05, 4.69) is 30.4 Å². The third kappa shape index (κ3) is 2.53. The van der Waals surface area contributed by atoms with Crippen LogP contribution in [0, 0.1) is 6.92 Å². The van der Waals surface area contributed by atoms with E-state index in [1.165, 1.54) is 5.56 Å². The lowest BCUT2D eigenvalue weighted by Gasteiger charge is -2.05. The third-order valence-corrected chi connectivity index (χ3v) is 2.70. The first kappa shape index (κ1) is 11.4. The molecule has 0 bridgehead atoms. The van der Waals surface area contributed by atoms with Crippen molar-refractivity contribution in [3.05, 3.63) is 59.7 Å². The van der Waals surface area contributed by atoms with Gasteiger partial charge in [-0.15, -0.1) is 0 Å². The van der Waals surface area contributed by atoms with Gasteiger partial charge in [0.05, 0.1) is 0 Å². The van der Waals surface area contributed by atoms with Gasteiger partial charge in [-0.05, 0) is 30.2 Å². The zero-order chi connectivity index (χ0) is 12.3. The molecule has 0 radical (unpaired) electrons. The van der Waals surface area contributed by atoms with E-state index in [4.69, 9.17) is 0 Å². The summed E-state index contributed by atoms with van der Waals surface area (Å²) in [6, 6.07) is 15.9. The summed E-state index contributed by atoms with van der Waals surface area (Å²) in [6.45, 7) is 2.06. The van der Waals surface area contributed by atoms with E-state index in [0.29, 0.717) is 5.56 Å². The van der Waals surface area contributed by atoms with Crippen LogP contribution in [0.1, 0.15) is 15.9 Å². The molecule has 0 aliphatic heterocycles. The van der Waals surface area contributed by atoms with Crippen molar-refractivity contribution in [3.8, 4) is 11.1 Å². The number of amides is 1. The van der Waals surface area contributed by atoms with Crippen LogP contribution in [-0.2, 0) is 0 Å². The molecule has 0 saturated heterocycles. The second-order valence-corrected chi connectivity index (χ2v) is 4.03. The lowest BCUT2D eigenvalue weighted by atomic mass is 10.0. The molecule has 0 aliphatic rings. The minimum atomic E-state index is -0.0560. The van der Waals surface area contributed by atoms with Gasteiger partial charge in [-0.3, -0.25) is 4.79 Å². The normalized spacial score (nSPS) is 10.0. The molecule has 2 aromatic carbocycles. The molecule has 0 aliphatic carbocycles.